The first-order chi connectivity index (χ1) is 8.74. The zero-order valence-electron chi connectivity index (χ0n) is 11.8. The van der Waals surface area contributed by atoms with Gasteiger partial charge in [0.2, 0.25) is 17.7 Å². The van der Waals surface area contributed by atoms with Gasteiger partial charge < -0.3 is 10.0 Å². The zero-order valence-corrected chi connectivity index (χ0v) is 11.8. The highest BCUT2D eigenvalue weighted by molar-refractivity contribution is 6.02. The van der Waals surface area contributed by atoms with Crippen LogP contribution in [0.1, 0.15) is 40.0 Å². The van der Waals surface area contributed by atoms with Gasteiger partial charge in [-0.05, 0) is 20.8 Å². The van der Waals surface area contributed by atoms with E-state index in [0.29, 0.717) is 6.54 Å². The molecule has 1 heterocycles. The standard InChI is InChI=1S/C13H22N2O4/c1-4-14(9-13(2,3)19)10(16)7-8-15-11(17)5-6-12(15)18/h19H,4-9H2,1-3H3. The van der Waals surface area contributed by atoms with Gasteiger partial charge in [0, 0.05) is 38.9 Å². The van der Waals surface area contributed by atoms with Crippen LogP contribution in [0.3, 0.4) is 0 Å². The Labute approximate surface area is 113 Å². The van der Waals surface area contributed by atoms with Gasteiger partial charge in [-0.15, -0.1) is 0 Å². The number of aliphatic hydroxyl groups is 1. The van der Waals surface area contributed by atoms with E-state index < -0.39 is 5.60 Å². The molecule has 1 saturated heterocycles. The van der Waals surface area contributed by atoms with E-state index in [2.05, 4.69) is 0 Å². The van der Waals surface area contributed by atoms with E-state index in [9.17, 15) is 19.5 Å². The highest BCUT2D eigenvalue weighted by Crippen LogP contribution is 2.13. The van der Waals surface area contributed by atoms with Gasteiger partial charge in [-0.3, -0.25) is 19.3 Å². The van der Waals surface area contributed by atoms with Crippen LogP contribution in [0, 0.1) is 0 Å². The van der Waals surface area contributed by atoms with E-state index in [1.807, 2.05) is 6.92 Å². The van der Waals surface area contributed by atoms with E-state index >= 15 is 0 Å². The minimum atomic E-state index is -0.953. The normalized spacial score (nSPS) is 16.1. The molecule has 1 fully saturated rings. The molecular formula is C13H22N2O4. The molecule has 6 heteroatoms. The van der Waals surface area contributed by atoms with Crippen LogP contribution >= 0.6 is 0 Å². The van der Waals surface area contributed by atoms with Crippen LogP contribution in [0.2, 0.25) is 0 Å². The van der Waals surface area contributed by atoms with Crippen LogP contribution in [0.25, 0.3) is 0 Å². The summed E-state index contributed by atoms with van der Waals surface area (Å²) >= 11 is 0. The van der Waals surface area contributed by atoms with Gasteiger partial charge in [0.25, 0.3) is 0 Å². The second-order valence-electron chi connectivity index (χ2n) is 5.41. The number of likely N-dealkylation sites (N-methyl/N-ethyl adjacent to an activating group) is 1. The van der Waals surface area contributed by atoms with Crippen molar-refractivity contribution in [1.82, 2.24) is 9.80 Å². The minimum Gasteiger partial charge on any atom is -0.389 e. The molecule has 1 N–H and O–H groups in total. The van der Waals surface area contributed by atoms with E-state index in [-0.39, 0.29) is 50.1 Å². The second kappa shape index (κ2) is 6.14. The summed E-state index contributed by atoms with van der Waals surface area (Å²) in [4.78, 5) is 37.5. The number of carbonyl (C=O) groups is 3. The van der Waals surface area contributed by atoms with Gasteiger partial charge in [-0.1, -0.05) is 0 Å². The molecule has 0 unspecified atom stereocenters. The largest absolute Gasteiger partial charge is 0.389 e. The van der Waals surface area contributed by atoms with Crippen LogP contribution in [0.4, 0.5) is 0 Å². The summed E-state index contributed by atoms with van der Waals surface area (Å²) in [6.07, 6.45) is 0.601. The quantitative estimate of drug-likeness (QED) is 0.697. The number of carbonyl (C=O) groups excluding carboxylic acids is 3. The van der Waals surface area contributed by atoms with Crippen LogP contribution in [-0.4, -0.2) is 57.9 Å². The summed E-state index contributed by atoms with van der Waals surface area (Å²) in [5, 5.41) is 9.72. The van der Waals surface area contributed by atoms with Crippen molar-refractivity contribution in [3.05, 3.63) is 0 Å². The van der Waals surface area contributed by atoms with Crippen molar-refractivity contribution in [2.75, 3.05) is 19.6 Å². The van der Waals surface area contributed by atoms with Crippen LogP contribution < -0.4 is 0 Å². The minimum absolute atomic E-state index is 0.112. The summed E-state index contributed by atoms with van der Waals surface area (Å²) in [6.45, 7) is 5.97. The molecule has 0 atom stereocenters. The molecular weight excluding hydrogens is 248 g/mol. The lowest BCUT2D eigenvalue weighted by molar-refractivity contribution is -0.140. The fourth-order valence-corrected chi connectivity index (χ4v) is 2.08. The van der Waals surface area contributed by atoms with Gasteiger partial charge in [0.05, 0.1) is 5.60 Å². The molecule has 3 amide bonds. The maximum absolute atomic E-state index is 12.0. The highest BCUT2D eigenvalue weighted by Gasteiger charge is 2.29. The Morgan fingerprint density at radius 2 is 1.84 bits per heavy atom. The maximum atomic E-state index is 12.0. The zero-order chi connectivity index (χ0) is 14.6. The van der Waals surface area contributed by atoms with Crippen LogP contribution in [-0.2, 0) is 14.4 Å². The van der Waals surface area contributed by atoms with Gasteiger partial charge in [0.1, 0.15) is 0 Å². The first kappa shape index (κ1) is 15.6. The van der Waals surface area contributed by atoms with Crippen molar-refractivity contribution >= 4 is 17.7 Å². The monoisotopic (exact) mass is 270 g/mol. The second-order valence-corrected chi connectivity index (χ2v) is 5.41. The molecule has 6 nitrogen and oxygen atoms in total. The first-order valence-electron chi connectivity index (χ1n) is 6.58. The van der Waals surface area contributed by atoms with Crippen molar-refractivity contribution in [2.45, 2.75) is 45.6 Å². The van der Waals surface area contributed by atoms with E-state index in [1.54, 1.807) is 13.8 Å². The number of hydrogen-bond acceptors (Lipinski definition) is 4. The third-order valence-corrected chi connectivity index (χ3v) is 3.02. The Balaban J connectivity index is 2.49. The molecule has 0 bridgehead atoms. The molecule has 0 aliphatic carbocycles. The molecule has 1 rings (SSSR count). The topological polar surface area (TPSA) is 77.9 Å². The average molecular weight is 270 g/mol. The predicted molar refractivity (Wildman–Crippen MR) is 69.1 cm³/mol. The lowest BCUT2D eigenvalue weighted by atomic mass is 10.1. The van der Waals surface area contributed by atoms with Gasteiger partial charge >= 0.3 is 0 Å². The molecule has 0 aromatic heterocycles. The number of imide groups is 1. The third kappa shape index (κ3) is 4.63. The third-order valence-electron chi connectivity index (χ3n) is 3.02. The SMILES string of the molecule is CCN(CC(C)(C)O)C(=O)CCN1C(=O)CCC1=O. The van der Waals surface area contributed by atoms with Gasteiger partial charge in [0.15, 0.2) is 0 Å². The summed E-state index contributed by atoms with van der Waals surface area (Å²) in [5.41, 5.74) is -0.953. The molecule has 0 radical (unpaired) electrons. The summed E-state index contributed by atoms with van der Waals surface area (Å²) in [5.74, 6) is -0.566. The molecule has 1 aliphatic rings. The highest BCUT2D eigenvalue weighted by atomic mass is 16.3. The lowest BCUT2D eigenvalue weighted by Gasteiger charge is -2.28. The number of likely N-dealkylation sites (tertiary alicyclic amines) is 1. The maximum Gasteiger partial charge on any atom is 0.229 e. The fraction of sp³-hybridized carbons (Fsp3) is 0.769. The van der Waals surface area contributed by atoms with Gasteiger partial charge in [-0.25, -0.2) is 0 Å². The van der Waals surface area contributed by atoms with Crippen molar-refractivity contribution in [1.29, 1.82) is 0 Å². The van der Waals surface area contributed by atoms with E-state index in [1.165, 1.54) is 4.90 Å². The Morgan fingerprint density at radius 1 is 1.32 bits per heavy atom. The number of hydrogen-bond donors (Lipinski definition) is 1. The van der Waals surface area contributed by atoms with Crippen LogP contribution in [0.15, 0.2) is 0 Å². The number of amides is 3. The smallest absolute Gasteiger partial charge is 0.229 e. The van der Waals surface area contributed by atoms with E-state index in [4.69, 9.17) is 0 Å². The summed E-state index contributed by atoms with van der Waals surface area (Å²) in [6, 6.07) is 0. The molecule has 0 aromatic rings. The molecule has 0 saturated carbocycles. The van der Waals surface area contributed by atoms with E-state index in [0.717, 1.165) is 4.90 Å². The summed E-state index contributed by atoms with van der Waals surface area (Å²) in [7, 11) is 0. The lowest BCUT2D eigenvalue weighted by Crippen LogP contribution is -2.43. The number of nitrogens with zero attached hydrogens (tertiary/aromatic N) is 2. The van der Waals surface area contributed by atoms with Crippen molar-refractivity contribution < 1.29 is 19.5 Å². The van der Waals surface area contributed by atoms with Gasteiger partial charge in [-0.2, -0.15) is 0 Å². The molecule has 0 spiro atoms. The van der Waals surface area contributed by atoms with Crippen molar-refractivity contribution in [3.63, 3.8) is 0 Å². The summed E-state index contributed by atoms with van der Waals surface area (Å²) < 4.78 is 0. The fourth-order valence-electron chi connectivity index (χ4n) is 2.08. The molecule has 0 aromatic carbocycles. The van der Waals surface area contributed by atoms with Crippen LogP contribution in [0.5, 0.6) is 0 Å². The van der Waals surface area contributed by atoms with Crippen molar-refractivity contribution in [3.8, 4) is 0 Å². The van der Waals surface area contributed by atoms with Crippen molar-refractivity contribution in [2.24, 2.45) is 0 Å². The Morgan fingerprint density at radius 3 is 2.26 bits per heavy atom. The Bertz CT molecular complexity index is 357. The predicted octanol–water partition coefficient (Wildman–Crippen LogP) is 0.145. The average Bonchev–Trinajstić information content (AvgIpc) is 2.62. The Hall–Kier alpha value is -1.43. The molecule has 19 heavy (non-hydrogen) atoms. The Kier molecular flexibility index (Phi) is 5.05. The number of rotatable bonds is 6. The first-order valence-corrected chi connectivity index (χ1v) is 6.58. The molecule has 108 valence electrons. The molecule has 1 aliphatic heterocycles.